The van der Waals surface area contributed by atoms with Crippen LogP contribution in [0.3, 0.4) is 0 Å². The van der Waals surface area contributed by atoms with Gasteiger partial charge in [0.1, 0.15) is 5.76 Å². The van der Waals surface area contributed by atoms with Crippen molar-refractivity contribution in [3.63, 3.8) is 0 Å². The number of nitrogens with one attached hydrogen (secondary N) is 2. The number of ether oxygens (including phenoxy) is 2. The molecule has 2 aromatic rings. The highest BCUT2D eigenvalue weighted by atomic mass is 32.2. The van der Waals surface area contributed by atoms with Gasteiger partial charge in [-0.25, -0.2) is 22.7 Å². The van der Waals surface area contributed by atoms with Crippen molar-refractivity contribution in [1.29, 1.82) is 0 Å². The third-order valence-electron chi connectivity index (χ3n) is 3.68. The van der Waals surface area contributed by atoms with Crippen LogP contribution in [0.2, 0.25) is 0 Å². The number of carbonyl (C=O) groups is 2. The largest absolute Gasteiger partial charge is 0.468 e. The molecule has 148 valence electrons. The Morgan fingerprint density at radius 1 is 1.04 bits per heavy atom. The minimum Gasteiger partial charge on any atom is -0.468 e. The fraction of sp³-hybridized carbons (Fsp3) is 0.222. The summed E-state index contributed by atoms with van der Waals surface area (Å²) in [5.41, 5.74) is 0.166. The van der Waals surface area contributed by atoms with E-state index in [2.05, 4.69) is 10.0 Å². The molecule has 0 spiro atoms. The molecule has 1 aliphatic heterocycles. The smallest absolute Gasteiger partial charge is 0.350 e. The van der Waals surface area contributed by atoms with Crippen LogP contribution in [0, 0.1) is 0 Å². The predicted octanol–water partition coefficient (Wildman–Crippen LogP) is 1.89. The molecule has 2 heterocycles. The average molecular weight is 406 g/mol. The zero-order valence-electron chi connectivity index (χ0n) is 15.1. The van der Waals surface area contributed by atoms with E-state index >= 15 is 0 Å². The first-order chi connectivity index (χ1) is 13.2. The van der Waals surface area contributed by atoms with E-state index in [4.69, 9.17) is 13.9 Å². The van der Waals surface area contributed by atoms with Crippen LogP contribution in [0.15, 0.2) is 63.7 Å². The number of furan rings is 1. The number of sulfonamides is 1. The number of hydrogen-bond donors (Lipinski definition) is 2. The zero-order valence-corrected chi connectivity index (χ0v) is 15.9. The van der Waals surface area contributed by atoms with Crippen LogP contribution >= 0.6 is 0 Å². The molecule has 0 unspecified atom stereocenters. The summed E-state index contributed by atoms with van der Waals surface area (Å²) >= 11 is 0. The lowest BCUT2D eigenvalue weighted by atomic mass is 10.2. The highest BCUT2D eigenvalue weighted by Gasteiger charge is 2.38. The number of carbonyl (C=O) groups excluding carboxylic acids is 2. The van der Waals surface area contributed by atoms with Crippen LogP contribution in [-0.2, 0) is 35.6 Å². The maximum absolute atomic E-state index is 12.3. The minimum absolute atomic E-state index is 0.0298. The van der Waals surface area contributed by atoms with Crippen LogP contribution in [0.25, 0.3) is 0 Å². The number of esters is 2. The predicted molar refractivity (Wildman–Crippen MR) is 97.1 cm³/mol. The average Bonchev–Trinajstić information content (AvgIpc) is 3.12. The summed E-state index contributed by atoms with van der Waals surface area (Å²) in [6, 6.07) is 9.06. The summed E-state index contributed by atoms with van der Waals surface area (Å²) in [5, 5.41) is 2.74. The molecule has 1 aliphatic rings. The quantitative estimate of drug-likeness (QED) is 0.423. The van der Waals surface area contributed by atoms with Gasteiger partial charge >= 0.3 is 11.9 Å². The zero-order chi connectivity index (χ0) is 20.4. The Hall–Kier alpha value is -3.11. The van der Waals surface area contributed by atoms with Crippen molar-refractivity contribution >= 4 is 27.6 Å². The van der Waals surface area contributed by atoms with Crippen molar-refractivity contribution < 1.29 is 31.9 Å². The fourth-order valence-electron chi connectivity index (χ4n) is 2.33. The second-order valence-corrected chi connectivity index (χ2v) is 8.08. The Morgan fingerprint density at radius 2 is 1.68 bits per heavy atom. The van der Waals surface area contributed by atoms with Gasteiger partial charge in [-0.3, -0.25) is 0 Å². The summed E-state index contributed by atoms with van der Waals surface area (Å²) in [6.45, 7) is 2.93. The first-order valence-corrected chi connectivity index (χ1v) is 9.70. The maximum Gasteiger partial charge on any atom is 0.350 e. The Kier molecular flexibility index (Phi) is 5.25. The van der Waals surface area contributed by atoms with Gasteiger partial charge in [-0.2, -0.15) is 0 Å². The van der Waals surface area contributed by atoms with Gasteiger partial charge in [0, 0.05) is 25.7 Å². The van der Waals surface area contributed by atoms with Gasteiger partial charge in [0.15, 0.2) is 5.57 Å². The molecule has 1 saturated heterocycles. The molecule has 28 heavy (non-hydrogen) atoms. The number of rotatable bonds is 6. The molecular weight excluding hydrogens is 388 g/mol. The van der Waals surface area contributed by atoms with Crippen molar-refractivity contribution in [3.8, 4) is 0 Å². The summed E-state index contributed by atoms with van der Waals surface area (Å²) in [6.07, 6.45) is 2.61. The summed E-state index contributed by atoms with van der Waals surface area (Å²) in [4.78, 5) is 23.8. The Labute approximate surface area is 161 Å². The number of anilines is 1. The van der Waals surface area contributed by atoms with E-state index in [1.54, 1.807) is 12.1 Å². The normalized spacial score (nSPS) is 16.3. The molecule has 0 amide bonds. The molecule has 1 aromatic heterocycles. The van der Waals surface area contributed by atoms with Crippen molar-refractivity contribution in [2.45, 2.75) is 31.1 Å². The number of cyclic esters (lactones) is 2. The van der Waals surface area contributed by atoms with Crippen molar-refractivity contribution in [3.05, 3.63) is 60.2 Å². The second kappa shape index (κ2) is 7.49. The van der Waals surface area contributed by atoms with E-state index < -0.39 is 27.7 Å². The van der Waals surface area contributed by atoms with Gasteiger partial charge in [-0.1, -0.05) is 0 Å². The summed E-state index contributed by atoms with van der Waals surface area (Å²) in [7, 11) is -3.72. The van der Waals surface area contributed by atoms with E-state index in [9.17, 15) is 18.0 Å². The number of hydrogen-bond acceptors (Lipinski definition) is 8. The topological polar surface area (TPSA) is 124 Å². The highest BCUT2D eigenvalue weighted by Crippen LogP contribution is 2.23. The van der Waals surface area contributed by atoms with Gasteiger partial charge in [-0.05, 0) is 36.4 Å². The molecule has 0 saturated carbocycles. The van der Waals surface area contributed by atoms with Crippen LogP contribution in [0.4, 0.5) is 5.69 Å². The van der Waals surface area contributed by atoms with E-state index in [1.807, 2.05) is 0 Å². The maximum atomic E-state index is 12.3. The van der Waals surface area contributed by atoms with Crippen LogP contribution in [-0.4, -0.2) is 26.1 Å². The molecule has 3 rings (SSSR count). The van der Waals surface area contributed by atoms with Gasteiger partial charge in [0.2, 0.25) is 10.0 Å². The van der Waals surface area contributed by atoms with Crippen LogP contribution < -0.4 is 10.0 Å². The lowest BCUT2D eigenvalue weighted by molar-refractivity contribution is -0.222. The Balaban J connectivity index is 1.66. The standard InChI is InChI=1S/C18H18N2O7S/c1-18(2)26-16(21)15(17(22)27-18)11-19-12-5-7-14(8-6-12)28(23,24)20-10-13-4-3-9-25-13/h3-9,11,19-20H,10H2,1-2H3. The second-order valence-electron chi connectivity index (χ2n) is 6.31. The van der Waals surface area contributed by atoms with E-state index in [1.165, 1.54) is 44.4 Å². The lowest BCUT2D eigenvalue weighted by Crippen LogP contribution is -2.42. The molecule has 0 radical (unpaired) electrons. The lowest BCUT2D eigenvalue weighted by Gasteiger charge is -2.29. The molecule has 0 bridgehead atoms. The molecule has 2 N–H and O–H groups in total. The number of benzene rings is 1. The molecule has 1 fully saturated rings. The third kappa shape index (κ3) is 4.59. The Bertz CT molecular complexity index is 985. The molecule has 9 nitrogen and oxygen atoms in total. The van der Waals surface area contributed by atoms with Gasteiger partial charge in [0.25, 0.3) is 5.79 Å². The third-order valence-corrected chi connectivity index (χ3v) is 5.10. The van der Waals surface area contributed by atoms with E-state index in [-0.39, 0.29) is 17.0 Å². The molecule has 0 aliphatic carbocycles. The van der Waals surface area contributed by atoms with Crippen LogP contribution in [0.1, 0.15) is 19.6 Å². The van der Waals surface area contributed by atoms with Gasteiger partial charge in [-0.15, -0.1) is 0 Å². The fourth-order valence-corrected chi connectivity index (χ4v) is 3.32. The van der Waals surface area contributed by atoms with Gasteiger partial charge in [0.05, 0.1) is 17.7 Å². The monoisotopic (exact) mass is 406 g/mol. The van der Waals surface area contributed by atoms with Crippen molar-refractivity contribution in [2.24, 2.45) is 0 Å². The Morgan fingerprint density at radius 3 is 2.25 bits per heavy atom. The van der Waals surface area contributed by atoms with Crippen LogP contribution in [0.5, 0.6) is 0 Å². The molecule has 10 heteroatoms. The highest BCUT2D eigenvalue weighted by molar-refractivity contribution is 7.89. The summed E-state index contributed by atoms with van der Waals surface area (Å²) < 4.78 is 42.0. The molecule has 0 atom stereocenters. The summed E-state index contributed by atoms with van der Waals surface area (Å²) in [5.74, 6) is -2.45. The van der Waals surface area contributed by atoms with E-state index in [0.717, 1.165) is 6.20 Å². The first-order valence-electron chi connectivity index (χ1n) is 8.22. The van der Waals surface area contributed by atoms with Crippen molar-refractivity contribution in [1.82, 2.24) is 4.72 Å². The molecule has 1 aromatic carbocycles. The first kappa shape index (κ1) is 19.6. The van der Waals surface area contributed by atoms with E-state index in [0.29, 0.717) is 11.4 Å². The SMILES string of the molecule is CC1(C)OC(=O)C(=CNc2ccc(S(=O)(=O)NCc3ccco3)cc2)C(=O)O1. The van der Waals surface area contributed by atoms with Gasteiger partial charge < -0.3 is 19.2 Å². The van der Waals surface area contributed by atoms with Crippen molar-refractivity contribution in [2.75, 3.05) is 5.32 Å². The minimum atomic E-state index is -3.72. The molecular formula is C18H18N2O7S.